The summed E-state index contributed by atoms with van der Waals surface area (Å²) in [7, 11) is 0. The van der Waals surface area contributed by atoms with E-state index in [1.165, 1.54) is 11.4 Å². The Balaban J connectivity index is 0.000000875. The number of nitrogens with zero attached hydrogens (tertiary/aromatic N) is 12. The van der Waals surface area contributed by atoms with Gasteiger partial charge in [-0.15, -0.1) is 0 Å². The molecule has 18 heteroatoms. The van der Waals surface area contributed by atoms with E-state index in [9.17, 15) is 30.3 Å². The lowest BCUT2D eigenvalue weighted by Crippen LogP contribution is -2.24. The molecule has 0 saturated heterocycles. The zero-order chi connectivity index (χ0) is 58.4. The molecule has 6 rings (SSSR count). The summed E-state index contributed by atoms with van der Waals surface area (Å²) in [5.41, 5.74) is 8.92. The first-order chi connectivity index (χ1) is 33.1. The average Bonchev–Trinajstić information content (AvgIpc) is 4.04. The molecule has 0 radical (unpaired) electrons. The Morgan fingerprint density at radius 3 is 1.13 bits per heavy atom. The molecule has 0 aliphatic heterocycles. The van der Waals surface area contributed by atoms with Crippen molar-refractivity contribution in [2.45, 2.75) is 241 Å². The van der Waals surface area contributed by atoms with Gasteiger partial charge in [-0.05, 0) is 234 Å². The molecule has 0 atom stereocenters. The molecule has 6 heterocycles. The summed E-state index contributed by atoms with van der Waals surface area (Å²) in [6, 6.07) is 6.93. The maximum absolute atomic E-state index is 10.9. The Morgan fingerprint density at radius 2 is 0.893 bits per heavy atom. The van der Waals surface area contributed by atoms with Gasteiger partial charge in [0.15, 0.2) is 0 Å². The van der Waals surface area contributed by atoms with Crippen molar-refractivity contribution in [3.63, 3.8) is 0 Å². The Bertz CT molecular complexity index is 2820. The maximum Gasteiger partial charge on any atom is 0.326 e. The van der Waals surface area contributed by atoms with Gasteiger partial charge in [0.05, 0.1) is 29.6 Å². The molecule has 0 aromatic carbocycles. The Hall–Kier alpha value is -6.33. The van der Waals surface area contributed by atoms with E-state index in [4.69, 9.17) is 0 Å². The highest BCUT2D eigenvalue weighted by Gasteiger charge is 2.31. The van der Waals surface area contributed by atoms with Gasteiger partial charge in [0.1, 0.15) is 39.7 Å². The molecule has 0 spiro atoms. The number of hydrogen-bond acceptors (Lipinski definition) is 9. The van der Waals surface area contributed by atoms with E-state index in [1.54, 1.807) is 51.9 Å². The minimum absolute atomic E-state index is 0. The van der Waals surface area contributed by atoms with Gasteiger partial charge in [0.25, 0.3) is 0 Å². The SMILES string of the molecule is C.Cc1cc(C)n(C(C)(C)C)c1[N+](=O)[O-].Cc1ccc([N+](=O)[O-])n1C(C)(C)C.Cc1ccn(C(C)(C)C)c1[N+](=O)[O-].Cc1cn(C(C)(C)C)c(C)n1.Cc1nc(C)n(C(C)(C)C)c1C.Cc1ncn(C(C)(C)C)c1C. The lowest BCUT2D eigenvalue weighted by Gasteiger charge is -2.24. The van der Waals surface area contributed by atoms with Crippen LogP contribution in [-0.4, -0.2) is 57.1 Å². The number of imidazole rings is 3. The highest BCUT2D eigenvalue weighted by Crippen LogP contribution is 2.31. The third-order valence-electron chi connectivity index (χ3n) is 11.9. The molecule has 0 fully saturated rings. The van der Waals surface area contributed by atoms with Crippen molar-refractivity contribution in [1.29, 1.82) is 0 Å². The van der Waals surface area contributed by atoms with Crippen molar-refractivity contribution in [2.24, 2.45) is 0 Å². The number of nitro groups is 3. The Labute approximate surface area is 450 Å². The molecule has 0 amide bonds. The van der Waals surface area contributed by atoms with Crippen LogP contribution in [0, 0.1) is 107 Å². The maximum atomic E-state index is 10.9. The summed E-state index contributed by atoms with van der Waals surface area (Å²) in [4.78, 5) is 44.3. The van der Waals surface area contributed by atoms with E-state index in [0.29, 0.717) is 5.56 Å². The fourth-order valence-corrected chi connectivity index (χ4v) is 8.93. The van der Waals surface area contributed by atoms with Crippen molar-refractivity contribution in [3.05, 3.63) is 136 Å². The third kappa shape index (κ3) is 18.8. The van der Waals surface area contributed by atoms with Crippen LogP contribution in [0.4, 0.5) is 17.5 Å². The number of aryl methyl sites for hydroxylation is 9. The van der Waals surface area contributed by atoms with Gasteiger partial charge >= 0.3 is 17.5 Å². The molecule has 0 bridgehead atoms. The van der Waals surface area contributed by atoms with Crippen LogP contribution in [0.25, 0.3) is 0 Å². The predicted molar refractivity (Wildman–Crippen MR) is 309 cm³/mol. The summed E-state index contributed by atoms with van der Waals surface area (Å²) in [5.74, 6) is 2.75. The van der Waals surface area contributed by atoms with Crippen molar-refractivity contribution >= 4 is 17.5 Å². The van der Waals surface area contributed by atoms with Gasteiger partial charge in [0.2, 0.25) is 0 Å². The fourth-order valence-electron chi connectivity index (χ4n) is 8.93. The molecule has 422 valence electrons. The van der Waals surface area contributed by atoms with Crippen LogP contribution in [0.5, 0.6) is 0 Å². The van der Waals surface area contributed by atoms with Crippen molar-refractivity contribution in [2.75, 3.05) is 0 Å². The van der Waals surface area contributed by atoms with Gasteiger partial charge in [0, 0.05) is 51.4 Å². The first-order valence-corrected chi connectivity index (χ1v) is 25.2. The minimum Gasteiger partial charge on any atom is -0.358 e. The zero-order valence-electron chi connectivity index (χ0n) is 50.9. The van der Waals surface area contributed by atoms with Gasteiger partial charge in [-0.1, -0.05) is 7.43 Å². The van der Waals surface area contributed by atoms with Gasteiger partial charge in [-0.3, -0.25) is 0 Å². The van der Waals surface area contributed by atoms with Crippen molar-refractivity contribution < 1.29 is 14.8 Å². The second-order valence-corrected chi connectivity index (χ2v) is 25.0. The average molecular weight is 1050 g/mol. The second kappa shape index (κ2) is 25.5. The van der Waals surface area contributed by atoms with Gasteiger partial charge in [-0.2, -0.15) is 0 Å². The Morgan fingerprint density at radius 1 is 0.440 bits per heavy atom. The van der Waals surface area contributed by atoms with Crippen LogP contribution in [0.15, 0.2) is 43.0 Å². The first kappa shape index (κ1) is 68.7. The summed E-state index contributed by atoms with van der Waals surface area (Å²) in [6.07, 6.45) is 5.76. The number of rotatable bonds is 3. The van der Waals surface area contributed by atoms with Crippen LogP contribution < -0.4 is 0 Å². The van der Waals surface area contributed by atoms with Crippen LogP contribution in [-0.2, 0) is 33.2 Å². The summed E-state index contributed by atoms with van der Waals surface area (Å²) >= 11 is 0. The topological polar surface area (TPSA) is 198 Å². The smallest absolute Gasteiger partial charge is 0.326 e. The molecule has 6 aromatic rings. The highest BCUT2D eigenvalue weighted by atomic mass is 16.6. The van der Waals surface area contributed by atoms with E-state index < -0.39 is 0 Å². The molecule has 6 aromatic heterocycles. The third-order valence-corrected chi connectivity index (χ3v) is 11.9. The standard InChI is InChI=1S/C10H16N2O2.C10H18N2.2C9H14N2O2.2C9H16N2.CH4/c1-7-6-8(2)11(10(3,4)5)9(7)12(13)14;1-7-8(2)12(9(3)11-7)10(4,5)6;1-7-5-6-10(9(2,3)4)8(7)11(12)13;1-7-5-6-8(11(12)13)10(7)9(2,3)4;1-7-8(2)11(6-10-7)9(3,4)5;1-7-6-11(8(2)10-7)9(3,4)5;/h6H,1-5H3;1-6H3;2*5-6H,1-4H3;2*6H,1-5H3;1H4. The van der Waals surface area contributed by atoms with E-state index in [1.807, 2.05) is 109 Å². The van der Waals surface area contributed by atoms with E-state index in [0.717, 1.165) is 45.7 Å². The molecule has 0 unspecified atom stereocenters. The zero-order valence-corrected chi connectivity index (χ0v) is 50.9. The summed E-state index contributed by atoms with van der Waals surface area (Å²) in [5, 5.41) is 32.3. The summed E-state index contributed by atoms with van der Waals surface area (Å²) < 4.78 is 11.9. The normalized spacial score (nSPS) is 11.7. The molecular formula is C57H98N12O6. The van der Waals surface area contributed by atoms with E-state index >= 15 is 0 Å². The van der Waals surface area contributed by atoms with E-state index in [2.05, 4.69) is 125 Å². The number of aromatic nitrogens is 9. The monoisotopic (exact) mass is 1050 g/mol. The predicted octanol–water partition coefficient (Wildman–Crippen LogP) is 15.4. The van der Waals surface area contributed by atoms with Crippen molar-refractivity contribution in [1.82, 2.24) is 42.4 Å². The fraction of sp³-hybridized carbons (Fsp3) is 0.632. The van der Waals surface area contributed by atoms with Gasteiger partial charge < -0.3 is 44.0 Å². The molecule has 18 nitrogen and oxygen atoms in total. The number of hydrogen-bond donors (Lipinski definition) is 0. The molecule has 0 saturated carbocycles. The van der Waals surface area contributed by atoms with Crippen LogP contribution in [0.2, 0.25) is 0 Å². The van der Waals surface area contributed by atoms with Crippen LogP contribution in [0.3, 0.4) is 0 Å². The Kier molecular flexibility index (Phi) is 23.3. The highest BCUT2D eigenvalue weighted by molar-refractivity contribution is 5.39. The quantitative estimate of drug-likeness (QED) is 0.122. The lowest BCUT2D eigenvalue weighted by molar-refractivity contribution is -0.393. The summed E-state index contributed by atoms with van der Waals surface area (Å²) in [6.45, 7) is 59.0. The van der Waals surface area contributed by atoms with E-state index in [-0.39, 0.29) is 72.9 Å². The molecular weight excluding hydrogens is 949 g/mol. The molecule has 0 aliphatic rings. The minimum atomic E-state index is -0.349. The molecule has 0 aliphatic carbocycles. The first-order valence-electron chi connectivity index (χ1n) is 25.2. The van der Waals surface area contributed by atoms with Crippen LogP contribution >= 0.6 is 0 Å². The lowest BCUT2D eigenvalue weighted by atomic mass is 10.1. The van der Waals surface area contributed by atoms with Crippen molar-refractivity contribution in [3.8, 4) is 0 Å². The van der Waals surface area contributed by atoms with Gasteiger partial charge in [-0.25, -0.2) is 28.7 Å². The largest absolute Gasteiger partial charge is 0.358 e. The molecule has 75 heavy (non-hydrogen) atoms. The van der Waals surface area contributed by atoms with Crippen LogP contribution in [0.1, 0.15) is 195 Å². The second-order valence-electron chi connectivity index (χ2n) is 25.0. The molecule has 0 N–H and O–H groups in total.